The molecule has 0 saturated carbocycles. The second-order valence-electron chi connectivity index (χ2n) is 6.25. The number of carbonyl (C=O) groups excluding carboxylic acids is 1. The number of hydrogen-bond acceptors (Lipinski definition) is 6. The number of methoxy groups -OCH3 is 1. The molecule has 9 nitrogen and oxygen atoms in total. The lowest BCUT2D eigenvalue weighted by molar-refractivity contribution is -0.384. The van der Waals surface area contributed by atoms with Gasteiger partial charge in [-0.3, -0.25) is 19.2 Å². The highest BCUT2D eigenvalue weighted by Crippen LogP contribution is 2.28. The van der Waals surface area contributed by atoms with Crippen LogP contribution < -0.4 is 14.4 Å². The Kier molecular flexibility index (Phi) is 6.24. The summed E-state index contributed by atoms with van der Waals surface area (Å²) in [6.07, 6.45) is 0.936. The van der Waals surface area contributed by atoms with Crippen molar-refractivity contribution in [2.75, 3.05) is 29.5 Å². The SMILES string of the molecule is COc1ccc(C)cc1NC(=O)CN(c1cc([N+](=O)[O-])ccc1C)S(C)(=O)=O. The van der Waals surface area contributed by atoms with E-state index in [0.717, 1.165) is 22.2 Å². The Labute approximate surface area is 163 Å². The number of benzene rings is 2. The highest BCUT2D eigenvalue weighted by molar-refractivity contribution is 7.92. The molecule has 2 aromatic rings. The summed E-state index contributed by atoms with van der Waals surface area (Å²) in [6.45, 7) is 2.90. The second kappa shape index (κ2) is 8.26. The number of rotatable bonds is 7. The first-order chi connectivity index (χ1) is 13.0. The van der Waals surface area contributed by atoms with E-state index in [1.54, 1.807) is 19.1 Å². The van der Waals surface area contributed by atoms with E-state index in [-0.39, 0.29) is 11.4 Å². The minimum Gasteiger partial charge on any atom is -0.495 e. The van der Waals surface area contributed by atoms with E-state index in [2.05, 4.69) is 5.32 Å². The van der Waals surface area contributed by atoms with E-state index < -0.39 is 27.4 Å². The van der Waals surface area contributed by atoms with E-state index in [4.69, 9.17) is 4.74 Å². The van der Waals surface area contributed by atoms with Crippen molar-refractivity contribution < 1.29 is 22.9 Å². The van der Waals surface area contributed by atoms with Crippen LogP contribution in [0.15, 0.2) is 36.4 Å². The number of anilines is 2. The largest absolute Gasteiger partial charge is 0.495 e. The Balaban J connectivity index is 2.37. The number of nitro benzene ring substituents is 1. The lowest BCUT2D eigenvalue weighted by atomic mass is 10.2. The summed E-state index contributed by atoms with van der Waals surface area (Å²) in [7, 11) is -2.42. The molecule has 0 aliphatic carbocycles. The fourth-order valence-electron chi connectivity index (χ4n) is 2.60. The average Bonchev–Trinajstić information content (AvgIpc) is 2.59. The maximum atomic E-state index is 12.5. The minimum atomic E-state index is -3.88. The standard InChI is InChI=1S/C18H21N3O6S/c1-12-5-8-17(27-3)15(9-12)19-18(22)11-20(28(4,25)26)16-10-14(21(23)24)7-6-13(16)2/h5-10H,11H2,1-4H3,(H,19,22). The molecule has 0 bridgehead atoms. The number of nitrogens with one attached hydrogen (secondary N) is 1. The van der Waals surface area contributed by atoms with Gasteiger partial charge < -0.3 is 10.1 Å². The van der Waals surface area contributed by atoms with Crippen molar-refractivity contribution in [3.63, 3.8) is 0 Å². The molecule has 10 heteroatoms. The molecule has 0 aliphatic heterocycles. The van der Waals surface area contributed by atoms with Gasteiger partial charge in [0, 0.05) is 12.1 Å². The molecule has 0 spiro atoms. The zero-order chi connectivity index (χ0) is 21.1. The van der Waals surface area contributed by atoms with Crippen LogP contribution in [0.4, 0.5) is 17.1 Å². The lowest BCUT2D eigenvalue weighted by Gasteiger charge is -2.23. The summed E-state index contributed by atoms with van der Waals surface area (Å²) in [5.41, 5.74) is 1.57. The summed E-state index contributed by atoms with van der Waals surface area (Å²) in [5.74, 6) is -0.184. The van der Waals surface area contributed by atoms with Gasteiger partial charge in [-0.05, 0) is 37.1 Å². The molecule has 150 valence electrons. The van der Waals surface area contributed by atoms with Gasteiger partial charge >= 0.3 is 0 Å². The predicted molar refractivity (Wildman–Crippen MR) is 106 cm³/mol. The van der Waals surface area contributed by atoms with Crippen LogP contribution in [0, 0.1) is 24.0 Å². The number of aryl methyl sites for hydroxylation is 2. The molecule has 0 unspecified atom stereocenters. The second-order valence-corrected chi connectivity index (χ2v) is 8.16. The molecular formula is C18H21N3O6S. The van der Waals surface area contributed by atoms with Crippen molar-refractivity contribution >= 4 is 33.0 Å². The van der Waals surface area contributed by atoms with Crippen molar-refractivity contribution in [2.45, 2.75) is 13.8 Å². The monoisotopic (exact) mass is 407 g/mol. The van der Waals surface area contributed by atoms with Gasteiger partial charge in [-0.1, -0.05) is 12.1 Å². The molecular weight excluding hydrogens is 386 g/mol. The van der Waals surface area contributed by atoms with Crippen molar-refractivity contribution in [3.8, 4) is 5.75 Å². The third-order valence-corrected chi connectivity index (χ3v) is 5.12. The highest BCUT2D eigenvalue weighted by Gasteiger charge is 2.25. The fourth-order valence-corrected chi connectivity index (χ4v) is 3.51. The van der Waals surface area contributed by atoms with Gasteiger partial charge in [-0.25, -0.2) is 8.42 Å². The molecule has 1 N–H and O–H groups in total. The third kappa shape index (κ3) is 4.97. The van der Waals surface area contributed by atoms with Crippen LogP contribution in [0.5, 0.6) is 5.75 Å². The van der Waals surface area contributed by atoms with Crippen molar-refractivity contribution in [1.29, 1.82) is 0 Å². The topological polar surface area (TPSA) is 119 Å². The molecule has 0 radical (unpaired) electrons. The fraction of sp³-hybridized carbons (Fsp3) is 0.278. The van der Waals surface area contributed by atoms with Crippen LogP contribution in [0.1, 0.15) is 11.1 Å². The number of hydrogen-bond donors (Lipinski definition) is 1. The molecule has 0 fully saturated rings. The van der Waals surface area contributed by atoms with E-state index in [1.165, 1.54) is 19.2 Å². The number of carbonyl (C=O) groups is 1. The number of nitrogens with zero attached hydrogens (tertiary/aromatic N) is 2. The molecule has 28 heavy (non-hydrogen) atoms. The Bertz CT molecular complexity index is 1020. The number of nitro groups is 1. The van der Waals surface area contributed by atoms with E-state index in [0.29, 0.717) is 17.0 Å². The summed E-state index contributed by atoms with van der Waals surface area (Å²) < 4.78 is 30.6. The zero-order valence-electron chi connectivity index (χ0n) is 15.9. The molecule has 0 saturated heterocycles. The number of non-ortho nitro benzene ring substituents is 1. The molecule has 1 amide bonds. The predicted octanol–water partition coefficient (Wildman–Crippen LogP) is 2.62. The quantitative estimate of drug-likeness (QED) is 0.557. The average molecular weight is 407 g/mol. The Morgan fingerprint density at radius 2 is 1.89 bits per heavy atom. The van der Waals surface area contributed by atoms with Gasteiger partial charge in [0.2, 0.25) is 15.9 Å². The lowest BCUT2D eigenvalue weighted by Crippen LogP contribution is -2.38. The van der Waals surface area contributed by atoms with Crippen molar-refractivity contribution in [3.05, 3.63) is 57.6 Å². The normalized spacial score (nSPS) is 11.0. The zero-order valence-corrected chi connectivity index (χ0v) is 16.7. The van der Waals surface area contributed by atoms with Crippen molar-refractivity contribution in [2.24, 2.45) is 0 Å². The van der Waals surface area contributed by atoms with Gasteiger partial charge in [0.15, 0.2) is 0 Å². The first-order valence-electron chi connectivity index (χ1n) is 8.20. The summed E-state index contributed by atoms with van der Waals surface area (Å²) >= 11 is 0. The maximum absolute atomic E-state index is 12.5. The minimum absolute atomic E-state index is 0.0723. The molecule has 0 atom stereocenters. The highest BCUT2D eigenvalue weighted by atomic mass is 32.2. The van der Waals surface area contributed by atoms with Gasteiger partial charge in [0.25, 0.3) is 5.69 Å². The summed E-state index contributed by atoms with van der Waals surface area (Å²) in [5, 5.41) is 13.7. The molecule has 2 rings (SSSR count). The third-order valence-electron chi connectivity index (χ3n) is 3.99. The first kappa shape index (κ1) is 21.2. The Morgan fingerprint density at radius 3 is 2.46 bits per heavy atom. The van der Waals surface area contributed by atoms with Crippen LogP contribution in [0.2, 0.25) is 0 Å². The van der Waals surface area contributed by atoms with Crippen LogP contribution in [-0.2, 0) is 14.8 Å². The van der Waals surface area contributed by atoms with Crippen LogP contribution in [0.3, 0.4) is 0 Å². The summed E-state index contributed by atoms with van der Waals surface area (Å²) in [4.78, 5) is 23.0. The van der Waals surface area contributed by atoms with E-state index in [9.17, 15) is 23.3 Å². The van der Waals surface area contributed by atoms with Crippen LogP contribution in [0.25, 0.3) is 0 Å². The van der Waals surface area contributed by atoms with Gasteiger partial charge in [-0.15, -0.1) is 0 Å². The van der Waals surface area contributed by atoms with E-state index in [1.807, 2.05) is 13.0 Å². The maximum Gasteiger partial charge on any atom is 0.271 e. The van der Waals surface area contributed by atoms with Crippen molar-refractivity contribution in [1.82, 2.24) is 0 Å². The van der Waals surface area contributed by atoms with E-state index >= 15 is 0 Å². The van der Waals surface area contributed by atoms with Crippen LogP contribution >= 0.6 is 0 Å². The van der Waals surface area contributed by atoms with Gasteiger partial charge in [0.05, 0.1) is 29.7 Å². The Hall–Kier alpha value is -3.14. The summed E-state index contributed by atoms with van der Waals surface area (Å²) in [6, 6.07) is 9.04. The Morgan fingerprint density at radius 1 is 1.21 bits per heavy atom. The molecule has 0 aromatic heterocycles. The molecule has 0 heterocycles. The molecule has 0 aliphatic rings. The smallest absolute Gasteiger partial charge is 0.271 e. The van der Waals surface area contributed by atoms with Gasteiger partial charge in [0.1, 0.15) is 12.3 Å². The molecule has 2 aromatic carbocycles. The number of amides is 1. The number of sulfonamides is 1. The van der Waals surface area contributed by atoms with Gasteiger partial charge in [-0.2, -0.15) is 0 Å². The first-order valence-corrected chi connectivity index (χ1v) is 10.0. The number of ether oxygens (including phenoxy) is 1. The van der Waals surface area contributed by atoms with Crippen LogP contribution in [-0.4, -0.2) is 39.2 Å².